The molecule has 32 heavy (non-hydrogen) atoms. The number of nitrogens with zero attached hydrogens (tertiary/aromatic N) is 2. The summed E-state index contributed by atoms with van der Waals surface area (Å²) in [6.45, 7) is 3.48. The number of carbonyl (C=O) groups is 1. The molecule has 0 radical (unpaired) electrons. The molecule has 2 heterocycles. The van der Waals surface area contributed by atoms with E-state index in [9.17, 15) is 4.79 Å². The largest absolute Gasteiger partial charge is 0.465 e. The summed E-state index contributed by atoms with van der Waals surface area (Å²) >= 11 is 0. The molecule has 1 aliphatic heterocycles. The Morgan fingerprint density at radius 3 is 2.50 bits per heavy atom. The van der Waals surface area contributed by atoms with Gasteiger partial charge in [-0.25, -0.2) is 4.79 Å². The third kappa shape index (κ3) is 3.69. The molecule has 6 heteroatoms. The van der Waals surface area contributed by atoms with Gasteiger partial charge in [0.2, 0.25) is 11.7 Å². The van der Waals surface area contributed by atoms with E-state index in [0.29, 0.717) is 17.3 Å². The average molecular weight is 425 g/mol. The molecule has 0 saturated carbocycles. The van der Waals surface area contributed by atoms with E-state index in [-0.39, 0.29) is 5.97 Å². The molecule has 0 saturated heterocycles. The van der Waals surface area contributed by atoms with Crippen molar-refractivity contribution >= 4 is 22.3 Å². The van der Waals surface area contributed by atoms with Crippen molar-refractivity contribution in [2.24, 2.45) is 0 Å². The summed E-state index contributed by atoms with van der Waals surface area (Å²) in [4.78, 5) is 16.8. The first-order valence-electron chi connectivity index (χ1n) is 10.6. The number of rotatable bonds is 4. The molecular formula is C26H23N3O3. The molecule has 0 aliphatic carbocycles. The molecule has 6 nitrogen and oxygen atoms in total. The highest BCUT2D eigenvalue weighted by Crippen LogP contribution is 2.34. The third-order valence-corrected chi connectivity index (χ3v) is 5.81. The molecule has 0 amide bonds. The van der Waals surface area contributed by atoms with Gasteiger partial charge in [-0.1, -0.05) is 53.7 Å². The number of ether oxygens (including phenoxy) is 1. The maximum atomic E-state index is 12.5. The Bertz CT molecular complexity index is 1340. The molecule has 0 atom stereocenters. The predicted octanol–water partition coefficient (Wildman–Crippen LogP) is 5.03. The van der Waals surface area contributed by atoms with Crippen LogP contribution in [0.1, 0.15) is 28.2 Å². The summed E-state index contributed by atoms with van der Waals surface area (Å²) < 4.78 is 10.1. The summed E-state index contributed by atoms with van der Waals surface area (Å²) in [6, 6.07) is 18.3. The molecule has 3 aromatic carbocycles. The van der Waals surface area contributed by atoms with Gasteiger partial charge in [-0.15, -0.1) is 0 Å². The van der Waals surface area contributed by atoms with Crippen LogP contribution >= 0.6 is 0 Å². The fourth-order valence-corrected chi connectivity index (χ4v) is 4.21. The first-order valence-corrected chi connectivity index (χ1v) is 10.6. The molecule has 0 bridgehead atoms. The van der Waals surface area contributed by atoms with Crippen LogP contribution in [0.25, 0.3) is 38.9 Å². The summed E-state index contributed by atoms with van der Waals surface area (Å²) in [5.74, 6) is 0.824. The van der Waals surface area contributed by atoms with Crippen LogP contribution in [0.15, 0.2) is 65.2 Å². The van der Waals surface area contributed by atoms with Crippen LogP contribution in [0.2, 0.25) is 0 Å². The first-order chi connectivity index (χ1) is 15.6. The Kier molecular flexibility index (Phi) is 5.29. The number of benzene rings is 3. The second kappa shape index (κ2) is 8.40. The molecular weight excluding hydrogens is 402 g/mol. The average Bonchev–Trinajstić information content (AvgIpc) is 3.29. The minimum Gasteiger partial charge on any atom is -0.465 e. The van der Waals surface area contributed by atoms with Gasteiger partial charge in [0, 0.05) is 19.0 Å². The maximum absolute atomic E-state index is 12.5. The molecule has 0 unspecified atom stereocenters. The van der Waals surface area contributed by atoms with Crippen molar-refractivity contribution in [3.05, 3.63) is 77.7 Å². The summed E-state index contributed by atoms with van der Waals surface area (Å²) in [6.07, 6.45) is 3.04. The van der Waals surface area contributed by atoms with Gasteiger partial charge in [0.25, 0.3) is 0 Å². The van der Waals surface area contributed by atoms with Crippen molar-refractivity contribution in [3.8, 4) is 22.5 Å². The standard InChI is InChI=1S/C26H23N3O3/c1-16-28-25(29-32-16)19-5-3-17(4-6-19)20-7-9-22-21(15-20)8-10-23(26(30)31-2)24(22)18-11-13-27-14-12-18/h3-11,15,27H,12-14H2,1-2H3. The van der Waals surface area contributed by atoms with Crippen molar-refractivity contribution in [2.45, 2.75) is 13.3 Å². The highest BCUT2D eigenvalue weighted by atomic mass is 16.5. The minimum atomic E-state index is -0.308. The normalized spacial score (nSPS) is 13.8. The lowest BCUT2D eigenvalue weighted by molar-refractivity contribution is 0.0600. The third-order valence-electron chi connectivity index (χ3n) is 5.81. The van der Waals surface area contributed by atoms with E-state index in [4.69, 9.17) is 9.26 Å². The van der Waals surface area contributed by atoms with Crippen LogP contribution in [0, 0.1) is 6.92 Å². The Hall–Kier alpha value is -3.77. The molecule has 0 fully saturated rings. The monoisotopic (exact) mass is 425 g/mol. The molecule has 0 spiro atoms. The lowest BCUT2D eigenvalue weighted by Crippen LogP contribution is -2.21. The minimum absolute atomic E-state index is 0.308. The number of hydrogen-bond donors (Lipinski definition) is 1. The smallest absolute Gasteiger partial charge is 0.338 e. The molecule has 1 aliphatic rings. The zero-order chi connectivity index (χ0) is 22.1. The van der Waals surface area contributed by atoms with Crippen molar-refractivity contribution in [1.82, 2.24) is 15.5 Å². The number of fused-ring (bicyclic) bond motifs is 1. The summed E-state index contributed by atoms with van der Waals surface area (Å²) in [7, 11) is 1.43. The summed E-state index contributed by atoms with van der Waals surface area (Å²) in [5.41, 5.74) is 5.88. The van der Waals surface area contributed by atoms with Gasteiger partial charge in [0.1, 0.15) is 0 Å². The zero-order valence-electron chi connectivity index (χ0n) is 18.0. The van der Waals surface area contributed by atoms with Gasteiger partial charge in [0.15, 0.2) is 0 Å². The highest BCUT2D eigenvalue weighted by Gasteiger charge is 2.19. The number of aromatic nitrogens is 2. The van der Waals surface area contributed by atoms with Crippen molar-refractivity contribution in [2.75, 3.05) is 20.2 Å². The fraction of sp³-hybridized carbons (Fsp3) is 0.192. The van der Waals surface area contributed by atoms with Crippen LogP contribution in [0.4, 0.5) is 0 Å². The van der Waals surface area contributed by atoms with Crippen LogP contribution < -0.4 is 5.32 Å². The second-order valence-corrected chi connectivity index (χ2v) is 7.81. The van der Waals surface area contributed by atoms with E-state index < -0.39 is 0 Å². The number of aryl methyl sites for hydroxylation is 1. The highest BCUT2D eigenvalue weighted by molar-refractivity contribution is 6.06. The van der Waals surface area contributed by atoms with E-state index >= 15 is 0 Å². The fourth-order valence-electron chi connectivity index (χ4n) is 4.21. The summed E-state index contributed by atoms with van der Waals surface area (Å²) in [5, 5.41) is 9.46. The Balaban J connectivity index is 1.57. The Morgan fingerprint density at radius 1 is 1.03 bits per heavy atom. The SMILES string of the molecule is COC(=O)c1ccc2cc(-c3ccc(-c4noc(C)n4)cc3)ccc2c1C1=CCNCC1. The molecule has 1 aromatic heterocycles. The van der Waals surface area contributed by atoms with Crippen LogP contribution in [0.3, 0.4) is 0 Å². The van der Waals surface area contributed by atoms with E-state index in [1.54, 1.807) is 6.92 Å². The van der Waals surface area contributed by atoms with Gasteiger partial charge < -0.3 is 14.6 Å². The van der Waals surface area contributed by atoms with Crippen molar-refractivity contribution in [3.63, 3.8) is 0 Å². The van der Waals surface area contributed by atoms with Crippen molar-refractivity contribution < 1.29 is 14.1 Å². The zero-order valence-corrected chi connectivity index (χ0v) is 18.0. The van der Waals surface area contributed by atoms with Crippen LogP contribution in [-0.2, 0) is 4.74 Å². The van der Waals surface area contributed by atoms with E-state index in [1.807, 2.05) is 24.3 Å². The first kappa shape index (κ1) is 20.2. The van der Waals surface area contributed by atoms with E-state index in [2.05, 4.69) is 51.9 Å². The number of methoxy groups -OCH3 is 1. The van der Waals surface area contributed by atoms with Crippen LogP contribution in [-0.4, -0.2) is 36.3 Å². The van der Waals surface area contributed by atoms with Crippen molar-refractivity contribution in [1.29, 1.82) is 0 Å². The molecule has 5 rings (SSSR count). The lowest BCUT2D eigenvalue weighted by atomic mass is 9.89. The molecule has 160 valence electrons. The van der Waals surface area contributed by atoms with E-state index in [0.717, 1.165) is 52.5 Å². The quantitative estimate of drug-likeness (QED) is 0.462. The Morgan fingerprint density at radius 2 is 1.81 bits per heavy atom. The lowest BCUT2D eigenvalue weighted by Gasteiger charge is -2.19. The van der Waals surface area contributed by atoms with Gasteiger partial charge >= 0.3 is 5.97 Å². The number of esters is 1. The van der Waals surface area contributed by atoms with E-state index in [1.165, 1.54) is 12.7 Å². The molecule has 1 N–H and O–H groups in total. The Labute approximate surface area is 185 Å². The number of hydrogen-bond acceptors (Lipinski definition) is 6. The topological polar surface area (TPSA) is 77.2 Å². The molecule has 4 aromatic rings. The van der Waals surface area contributed by atoms with Gasteiger partial charge in [-0.05, 0) is 58.1 Å². The second-order valence-electron chi connectivity index (χ2n) is 7.81. The van der Waals surface area contributed by atoms with Gasteiger partial charge in [-0.2, -0.15) is 4.98 Å². The van der Waals surface area contributed by atoms with Crippen LogP contribution in [0.5, 0.6) is 0 Å². The number of carbonyl (C=O) groups excluding carboxylic acids is 1. The van der Waals surface area contributed by atoms with Gasteiger partial charge in [-0.3, -0.25) is 0 Å². The number of nitrogens with one attached hydrogen (secondary N) is 1. The predicted molar refractivity (Wildman–Crippen MR) is 124 cm³/mol. The van der Waals surface area contributed by atoms with Gasteiger partial charge in [0.05, 0.1) is 12.7 Å². The maximum Gasteiger partial charge on any atom is 0.338 e.